The van der Waals surface area contributed by atoms with Crippen LogP contribution in [0, 0.1) is 50.2 Å². The highest BCUT2D eigenvalue weighted by atomic mass is 16.8. The zero-order valence-corrected chi connectivity index (χ0v) is 44.2. The highest BCUT2D eigenvalue weighted by Gasteiger charge is 2.71. The molecule has 4 aliphatic heterocycles. The van der Waals surface area contributed by atoms with Gasteiger partial charge in [-0.05, 0) is 111 Å². The van der Waals surface area contributed by atoms with Gasteiger partial charge in [-0.15, -0.1) is 0 Å². The summed E-state index contributed by atoms with van der Waals surface area (Å²) in [5.74, 6) is -0.732. The van der Waals surface area contributed by atoms with Crippen LogP contribution in [0.25, 0.3) is 0 Å². The second-order valence-corrected chi connectivity index (χ2v) is 25.7. The second kappa shape index (κ2) is 21.1. The molecule has 22 nitrogen and oxygen atoms in total. The average molecular weight is 1080 g/mol. The van der Waals surface area contributed by atoms with Crippen LogP contribution in [0.4, 0.5) is 0 Å². The zero-order chi connectivity index (χ0) is 54.7. The van der Waals surface area contributed by atoms with E-state index >= 15 is 4.79 Å². The molecule has 9 rings (SSSR count). The maximum absolute atomic E-state index is 15.1. The lowest BCUT2D eigenvalue weighted by Crippen LogP contribution is -2.67. The van der Waals surface area contributed by atoms with Gasteiger partial charge in [0.1, 0.15) is 85.5 Å². The van der Waals surface area contributed by atoms with E-state index in [4.69, 9.17) is 37.9 Å². The van der Waals surface area contributed by atoms with Gasteiger partial charge in [0.25, 0.3) is 0 Å². The van der Waals surface area contributed by atoms with Crippen molar-refractivity contribution in [2.45, 2.75) is 235 Å². The number of ether oxygens (including phenoxy) is 8. The molecule has 0 aromatic rings. The Hall–Kier alpha value is -1.59. The molecule has 0 bridgehead atoms. The van der Waals surface area contributed by atoms with E-state index in [9.17, 15) is 66.4 Å². The number of carbonyl (C=O) groups is 1. The van der Waals surface area contributed by atoms with Gasteiger partial charge in [0, 0.05) is 5.41 Å². The summed E-state index contributed by atoms with van der Waals surface area (Å²) in [7, 11) is 0. The highest BCUT2D eigenvalue weighted by molar-refractivity contribution is 5.79. The van der Waals surface area contributed by atoms with Crippen molar-refractivity contribution in [1.29, 1.82) is 0 Å². The Morgan fingerprint density at radius 1 is 0.640 bits per heavy atom. The summed E-state index contributed by atoms with van der Waals surface area (Å²) in [5, 5.41) is 139. The maximum Gasteiger partial charge on any atom is 0.315 e. The number of hydrogen-bond acceptors (Lipinski definition) is 22. The Kier molecular flexibility index (Phi) is 16.3. The summed E-state index contributed by atoms with van der Waals surface area (Å²) < 4.78 is 47.6. The molecule has 75 heavy (non-hydrogen) atoms. The Balaban J connectivity index is 0.931. The van der Waals surface area contributed by atoms with Gasteiger partial charge >= 0.3 is 5.97 Å². The first-order valence-electron chi connectivity index (χ1n) is 27.3. The predicted molar refractivity (Wildman–Crippen MR) is 257 cm³/mol. The fourth-order valence-corrected chi connectivity index (χ4v) is 16.1. The topological polar surface area (TPSA) is 354 Å². The fourth-order valence-electron chi connectivity index (χ4n) is 16.1. The van der Waals surface area contributed by atoms with Crippen LogP contribution in [0.15, 0.2) is 11.6 Å². The van der Waals surface area contributed by atoms with Crippen LogP contribution in [-0.4, -0.2) is 222 Å². The third-order valence-corrected chi connectivity index (χ3v) is 21.1. The molecule has 9 aliphatic rings. The van der Waals surface area contributed by atoms with Crippen molar-refractivity contribution < 1.29 is 109 Å². The molecule has 22 heteroatoms. The molecule has 0 spiro atoms. The van der Waals surface area contributed by atoms with Crippen LogP contribution in [0.3, 0.4) is 0 Å². The number of rotatable bonds is 11. The van der Waals surface area contributed by atoms with Crippen molar-refractivity contribution in [3.05, 3.63) is 11.6 Å². The number of allylic oxidation sites excluding steroid dienone is 2. The lowest BCUT2D eigenvalue weighted by atomic mass is 9.33. The molecule has 0 radical (unpaired) electrons. The average Bonchev–Trinajstić information content (AvgIpc) is 3.37. The van der Waals surface area contributed by atoms with E-state index in [1.165, 1.54) is 12.5 Å². The minimum atomic E-state index is -1.84. The van der Waals surface area contributed by atoms with Crippen molar-refractivity contribution >= 4 is 5.97 Å². The maximum atomic E-state index is 15.1. The van der Waals surface area contributed by atoms with E-state index in [1.54, 1.807) is 0 Å². The number of esters is 1. The van der Waals surface area contributed by atoms with Gasteiger partial charge in [-0.1, -0.05) is 53.2 Å². The van der Waals surface area contributed by atoms with Gasteiger partial charge in [0.05, 0.1) is 44.1 Å². The Morgan fingerprint density at radius 3 is 1.95 bits per heavy atom. The van der Waals surface area contributed by atoms with Gasteiger partial charge in [-0.25, -0.2) is 0 Å². The lowest BCUT2D eigenvalue weighted by Gasteiger charge is -2.71. The van der Waals surface area contributed by atoms with E-state index < -0.39 is 153 Å². The van der Waals surface area contributed by atoms with E-state index in [-0.39, 0.29) is 52.6 Å². The molecule has 430 valence electrons. The van der Waals surface area contributed by atoms with Gasteiger partial charge in [-0.3, -0.25) is 4.79 Å². The summed E-state index contributed by atoms with van der Waals surface area (Å²) in [6.45, 7) is 13.2. The molecule has 4 saturated carbocycles. The molecule has 8 fully saturated rings. The Labute approximate surface area is 437 Å². The largest absolute Gasteiger partial charge is 0.432 e. The first-order chi connectivity index (χ1) is 35.1. The monoisotopic (exact) mass is 1070 g/mol. The number of hydrogen-bond donors (Lipinski definition) is 13. The third-order valence-electron chi connectivity index (χ3n) is 21.1. The van der Waals surface area contributed by atoms with Crippen molar-refractivity contribution in [1.82, 2.24) is 0 Å². The molecule has 28 atom stereocenters. The van der Waals surface area contributed by atoms with E-state index in [2.05, 4.69) is 40.7 Å². The van der Waals surface area contributed by atoms with Crippen LogP contribution in [0.2, 0.25) is 0 Å². The molecule has 0 aromatic carbocycles. The molecule has 28 unspecified atom stereocenters. The SMILES string of the molecule is CC1OC(OC2C(OC3CCC4(C)C(CCC5(C)C4CC=C4C6CC(C)(C)CCC6(C(=O)OC6OC(COC7OC(CO)C(O)C(O)C7O)C(O)C(O)C6O)CCC45C)C3(C)CO)OCC(O)C2O)C(O)C(O)C1O. The first kappa shape index (κ1) is 58.1. The summed E-state index contributed by atoms with van der Waals surface area (Å²) >= 11 is 0. The van der Waals surface area contributed by atoms with E-state index in [0.29, 0.717) is 38.5 Å². The Bertz CT molecular complexity index is 2060. The zero-order valence-electron chi connectivity index (χ0n) is 44.2. The predicted octanol–water partition coefficient (Wildman–Crippen LogP) is -1.40. The van der Waals surface area contributed by atoms with Gasteiger partial charge < -0.3 is 104 Å². The molecule has 4 heterocycles. The van der Waals surface area contributed by atoms with Crippen molar-refractivity contribution in [3.63, 3.8) is 0 Å². The molecular formula is C53H86O22. The smallest absolute Gasteiger partial charge is 0.315 e. The van der Waals surface area contributed by atoms with Gasteiger partial charge in [0.15, 0.2) is 18.9 Å². The van der Waals surface area contributed by atoms with Crippen molar-refractivity contribution in [3.8, 4) is 0 Å². The highest BCUT2D eigenvalue weighted by Crippen LogP contribution is 2.76. The summed E-state index contributed by atoms with van der Waals surface area (Å²) in [5.41, 5.74) is -1.70. The molecular weight excluding hydrogens is 989 g/mol. The molecule has 5 aliphatic carbocycles. The van der Waals surface area contributed by atoms with Crippen LogP contribution >= 0.6 is 0 Å². The van der Waals surface area contributed by atoms with Crippen LogP contribution in [-0.2, 0) is 42.7 Å². The minimum Gasteiger partial charge on any atom is -0.432 e. The first-order valence-corrected chi connectivity index (χ1v) is 27.3. The number of carbonyl (C=O) groups excluding carboxylic acids is 1. The standard InChI is InChI=1S/C53H86O22/c1-23-32(57)36(61)40(65)44(70-23)74-42-33(58)26(56)20-68-46(42)73-31-11-12-49(4)29(50(31,5)22-55)10-13-52(7)30(49)9-8-24-25-18-48(2,3)14-16-53(25,17-15-51(24,52)6)47(67)75-45-41(66)38(63)35(60)28(72-45)21-69-43-39(64)37(62)34(59)27(19-54)71-43/h8,23,25-46,54-66H,9-22H2,1-7H3. The number of fused-ring (bicyclic) bond motifs is 7. The van der Waals surface area contributed by atoms with E-state index in [1.807, 2.05) is 6.92 Å². The second-order valence-electron chi connectivity index (χ2n) is 25.7. The molecule has 0 amide bonds. The van der Waals surface area contributed by atoms with Crippen LogP contribution < -0.4 is 0 Å². The van der Waals surface area contributed by atoms with Crippen molar-refractivity contribution in [2.75, 3.05) is 26.4 Å². The summed E-state index contributed by atoms with van der Waals surface area (Å²) in [6, 6.07) is 0. The van der Waals surface area contributed by atoms with Crippen LogP contribution in [0.5, 0.6) is 0 Å². The fraction of sp³-hybridized carbons (Fsp3) is 0.943. The number of aliphatic hydroxyl groups is 13. The quantitative estimate of drug-likeness (QED) is 0.0643. The molecule has 13 N–H and O–H groups in total. The third kappa shape index (κ3) is 9.50. The van der Waals surface area contributed by atoms with Crippen molar-refractivity contribution in [2.24, 2.45) is 50.2 Å². The Morgan fingerprint density at radius 2 is 1.27 bits per heavy atom. The summed E-state index contributed by atoms with van der Waals surface area (Å²) in [4.78, 5) is 15.1. The molecule has 4 saturated heterocycles. The van der Waals surface area contributed by atoms with Gasteiger partial charge in [0.2, 0.25) is 6.29 Å². The molecule has 0 aromatic heterocycles. The van der Waals surface area contributed by atoms with E-state index in [0.717, 1.165) is 25.7 Å². The summed E-state index contributed by atoms with van der Waals surface area (Å²) in [6.07, 6.45) is -20.8. The lowest BCUT2D eigenvalue weighted by molar-refractivity contribution is -0.365. The van der Waals surface area contributed by atoms with Crippen LogP contribution in [0.1, 0.15) is 113 Å². The van der Waals surface area contributed by atoms with Gasteiger partial charge in [-0.2, -0.15) is 0 Å². The number of aliphatic hydroxyl groups excluding tert-OH is 13. The normalized spacial score (nSPS) is 54.8. The minimum absolute atomic E-state index is 0.0432.